The molecule has 1 aliphatic heterocycles. The van der Waals surface area contributed by atoms with Gasteiger partial charge in [-0.15, -0.1) is 0 Å². The summed E-state index contributed by atoms with van der Waals surface area (Å²) in [5.41, 5.74) is 0.408. The van der Waals surface area contributed by atoms with Gasteiger partial charge in [-0.1, -0.05) is 12.5 Å². The number of benzene rings is 1. The highest BCUT2D eigenvalue weighted by Crippen LogP contribution is 2.30. The topological polar surface area (TPSA) is 21.3 Å². The molecular formula is C13H17F2NO. The molecule has 1 fully saturated rings. The van der Waals surface area contributed by atoms with Crippen LogP contribution < -0.4 is 10.1 Å². The van der Waals surface area contributed by atoms with E-state index in [0.717, 1.165) is 25.8 Å². The first kappa shape index (κ1) is 12.3. The Morgan fingerprint density at radius 2 is 2.12 bits per heavy atom. The summed E-state index contributed by atoms with van der Waals surface area (Å²) >= 11 is 0. The summed E-state index contributed by atoms with van der Waals surface area (Å²) < 4.78 is 32.6. The van der Waals surface area contributed by atoms with Crippen LogP contribution in [0.25, 0.3) is 0 Å². The van der Waals surface area contributed by atoms with E-state index >= 15 is 0 Å². The Morgan fingerprint density at radius 3 is 2.76 bits per heavy atom. The third-order valence-electron chi connectivity index (χ3n) is 3.06. The summed E-state index contributed by atoms with van der Waals surface area (Å²) in [6.07, 6.45) is 2.99. The van der Waals surface area contributed by atoms with Crippen molar-refractivity contribution in [2.24, 2.45) is 0 Å². The minimum absolute atomic E-state index is 0.00967. The standard InChI is InChI=1S/C13H17F2NO/c1-2-17-11-7-6-9(12(14)13(11)15)10-5-3-4-8-16-10/h6-7,10,16H,2-5,8H2,1H3. The first-order chi connectivity index (χ1) is 8.24. The Morgan fingerprint density at radius 1 is 1.29 bits per heavy atom. The maximum atomic E-state index is 13.9. The Labute approximate surface area is 100.0 Å². The first-order valence-electron chi connectivity index (χ1n) is 6.08. The molecule has 0 spiro atoms. The average Bonchev–Trinajstić information content (AvgIpc) is 2.36. The predicted octanol–water partition coefficient (Wildman–Crippen LogP) is 3.18. The molecule has 0 amide bonds. The molecule has 1 N–H and O–H groups in total. The van der Waals surface area contributed by atoms with Crippen LogP contribution in [0.3, 0.4) is 0 Å². The molecule has 1 atom stereocenters. The third kappa shape index (κ3) is 2.57. The Balaban J connectivity index is 2.26. The van der Waals surface area contributed by atoms with Gasteiger partial charge in [-0.25, -0.2) is 4.39 Å². The van der Waals surface area contributed by atoms with E-state index in [4.69, 9.17) is 4.74 Å². The molecule has 2 nitrogen and oxygen atoms in total. The van der Waals surface area contributed by atoms with Crippen molar-refractivity contribution < 1.29 is 13.5 Å². The van der Waals surface area contributed by atoms with Gasteiger partial charge in [0.15, 0.2) is 11.6 Å². The van der Waals surface area contributed by atoms with Crippen molar-refractivity contribution in [3.8, 4) is 5.75 Å². The van der Waals surface area contributed by atoms with Crippen LogP contribution in [0.15, 0.2) is 12.1 Å². The smallest absolute Gasteiger partial charge is 0.200 e. The maximum absolute atomic E-state index is 13.9. The van der Waals surface area contributed by atoms with Gasteiger partial charge in [0.1, 0.15) is 0 Å². The molecule has 2 rings (SSSR count). The van der Waals surface area contributed by atoms with Gasteiger partial charge < -0.3 is 10.1 Å². The van der Waals surface area contributed by atoms with Crippen LogP contribution >= 0.6 is 0 Å². The zero-order valence-electron chi connectivity index (χ0n) is 9.93. The minimum atomic E-state index is -0.878. The summed E-state index contributed by atoms with van der Waals surface area (Å²) in [6, 6.07) is 3.05. The lowest BCUT2D eigenvalue weighted by atomic mass is 9.97. The highest BCUT2D eigenvalue weighted by atomic mass is 19.2. The van der Waals surface area contributed by atoms with E-state index < -0.39 is 11.6 Å². The zero-order chi connectivity index (χ0) is 12.3. The Hall–Kier alpha value is -1.16. The molecule has 1 aromatic rings. The molecule has 1 unspecified atom stereocenters. The lowest BCUT2D eigenvalue weighted by Crippen LogP contribution is -2.27. The van der Waals surface area contributed by atoms with Crippen molar-refractivity contribution in [1.82, 2.24) is 5.32 Å². The second-order valence-corrected chi connectivity index (χ2v) is 4.22. The third-order valence-corrected chi connectivity index (χ3v) is 3.06. The number of ether oxygens (including phenoxy) is 1. The molecule has 1 heterocycles. The monoisotopic (exact) mass is 241 g/mol. The number of rotatable bonds is 3. The number of hydrogen-bond acceptors (Lipinski definition) is 2. The van der Waals surface area contributed by atoms with Crippen LogP contribution in [-0.2, 0) is 0 Å². The van der Waals surface area contributed by atoms with Gasteiger partial charge in [-0.05, 0) is 32.4 Å². The van der Waals surface area contributed by atoms with Gasteiger partial charge >= 0.3 is 0 Å². The fourth-order valence-corrected chi connectivity index (χ4v) is 2.20. The first-order valence-corrected chi connectivity index (χ1v) is 6.08. The number of halogens is 2. The molecule has 0 bridgehead atoms. The molecule has 1 saturated heterocycles. The molecule has 17 heavy (non-hydrogen) atoms. The molecule has 0 saturated carbocycles. The normalized spacial score (nSPS) is 20.3. The number of hydrogen-bond donors (Lipinski definition) is 1. The summed E-state index contributed by atoms with van der Waals surface area (Å²) in [7, 11) is 0. The van der Waals surface area contributed by atoms with Gasteiger partial charge in [-0.3, -0.25) is 0 Å². The molecule has 0 radical (unpaired) electrons. The quantitative estimate of drug-likeness (QED) is 0.877. The Bertz CT molecular complexity index is 389. The summed E-state index contributed by atoms with van der Waals surface area (Å²) in [4.78, 5) is 0. The average molecular weight is 241 g/mol. The molecule has 4 heteroatoms. The van der Waals surface area contributed by atoms with Crippen LogP contribution in [-0.4, -0.2) is 13.2 Å². The second kappa shape index (κ2) is 5.45. The van der Waals surface area contributed by atoms with Crippen molar-refractivity contribution >= 4 is 0 Å². The number of nitrogens with one attached hydrogen (secondary N) is 1. The molecule has 1 aliphatic rings. The summed E-state index contributed by atoms with van der Waals surface area (Å²) in [5.74, 6) is -1.67. The zero-order valence-corrected chi connectivity index (χ0v) is 9.93. The van der Waals surface area contributed by atoms with E-state index in [9.17, 15) is 8.78 Å². The van der Waals surface area contributed by atoms with E-state index in [1.54, 1.807) is 13.0 Å². The van der Waals surface area contributed by atoms with E-state index in [2.05, 4.69) is 5.32 Å². The highest BCUT2D eigenvalue weighted by Gasteiger charge is 2.22. The van der Waals surface area contributed by atoms with Crippen molar-refractivity contribution in [1.29, 1.82) is 0 Å². The Kier molecular flexibility index (Phi) is 3.94. The largest absolute Gasteiger partial charge is 0.491 e. The lowest BCUT2D eigenvalue weighted by Gasteiger charge is -2.24. The van der Waals surface area contributed by atoms with Crippen molar-refractivity contribution in [3.63, 3.8) is 0 Å². The summed E-state index contributed by atoms with van der Waals surface area (Å²) in [6.45, 7) is 2.93. The van der Waals surface area contributed by atoms with Crippen molar-refractivity contribution in [2.45, 2.75) is 32.2 Å². The van der Waals surface area contributed by atoms with Crippen LogP contribution in [0.2, 0.25) is 0 Å². The molecule has 1 aromatic carbocycles. The van der Waals surface area contributed by atoms with Crippen molar-refractivity contribution in [3.05, 3.63) is 29.3 Å². The number of piperidine rings is 1. The lowest BCUT2D eigenvalue weighted by molar-refractivity contribution is 0.310. The van der Waals surface area contributed by atoms with E-state index in [-0.39, 0.29) is 11.8 Å². The van der Waals surface area contributed by atoms with E-state index in [1.807, 2.05) is 0 Å². The van der Waals surface area contributed by atoms with Crippen LogP contribution in [0.5, 0.6) is 5.75 Å². The van der Waals surface area contributed by atoms with Gasteiger partial charge in [-0.2, -0.15) is 4.39 Å². The van der Waals surface area contributed by atoms with Crippen molar-refractivity contribution in [2.75, 3.05) is 13.2 Å². The van der Waals surface area contributed by atoms with Crippen LogP contribution in [0, 0.1) is 11.6 Å². The SMILES string of the molecule is CCOc1ccc(C2CCCCN2)c(F)c1F. The van der Waals surface area contributed by atoms with Gasteiger partial charge in [0.2, 0.25) is 5.82 Å². The van der Waals surface area contributed by atoms with Gasteiger partial charge in [0, 0.05) is 11.6 Å². The minimum Gasteiger partial charge on any atom is -0.491 e. The molecular weight excluding hydrogens is 224 g/mol. The summed E-state index contributed by atoms with van der Waals surface area (Å²) in [5, 5.41) is 3.21. The second-order valence-electron chi connectivity index (χ2n) is 4.22. The van der Waals surface area contributed by atoms with Crippen LogP contribution in [0.4, 0.5) is 8.78 Å². The van der Waals surface area contributed by atoms with E-state index in [1.165, 1.54) is 6.07 Å². The van der Waals surface area contributed by atoms with Gasteiger partial charge in [0.05, 0.1) is 6.61 Å². The van der Waals surface area contributed by atoms with E-state index in [0.29, 0.717) is 12.2 Å². The predicted molar refractivity (Wildman–Crippen MR) is 62.1 cm³/mol. The van der Waals surface area contributed by atoms with Crippen LogP contribution in [0.1, 0.15) is 37.8 Å². The molecule has 0 aromatic heterocycles. The van der Waals surface area contributed by atoms with Gasteiger partial charge in [0.25, 0.3) is 0 Å². The molecule has 94 valence electrons. The fraction of sp³-hybridized carbons (Fsp3) is 0.538. The fourth-order valence-electron chi connectivity index (χ4n) is 2.20. The molecule has 0 aliphatic carbocycles. The highest BCUT2D eigenvalue weighted by molar-refractivity contribution is 5.33. The maximum Gasteiger partial charge on any atom is 0.200 e.